The van der Waals surface area contributed by atoms with Crippen LogP contribution in [0.1, 0.15) is 50.8 Å². The van der Waals surface area contributed by atoms with Gasteiger partial charge in [-0.25, -0.2) is 0 Å². The zero-order valence-electron chi connectivity index (χ0n) is 11.7. The molecule has 1 N–H and O–H groups in total. The van der Waals surface area contributed by atoms with E-state index < -0.39 is 0 Å². The van der Waals surface area contributed by atoms with Crippen molar-refractivity contribution in [3.8, 4) is 0 Å². The molecule has 1 heterocycles. The van der Waals surface area contributed by atoms with Crippen molar-refractivity contribution < 1.29 is 4.42 Å². The summed E-state index contributed by atoms with van der Waals surface area (Å²) in [5.74, 6) is 1.02. The fourth-order valence-corrected chi connectivity index (χ4v) is 2.80. The zero-order valence-corrected chi connectivity index (χ0v) is 11.7. The number of furan rings is 1. The first-order valence-corrected chi connectivity index (χ1v) is 7.24. The van der Waals surface area contributed by atoms with Crippen LogP contribution in [0.15, 0.2) is 22.8 Å². The van der Waals surface area contributed by atoms with E-state index >= 15 is 0 Å². The van der Waals surface area contributed by atoms with E-state index in [1.54, 1.807) is 6.26 Å². The summed E-state index contributed by atoms with van der Waals surface area (Å²) >= 11 is 0. The van der Waals surface area contributed by atoms with Gasteiger partial charge in [0.15, 0.2) is 0 Å². The first kappa shape index (κ1) is 13.6. The number of nitrogens with zero attached hydrogens (tertiary/aromatic N) is 1. The first-order valence-electron chi connectivity index (χ1n) is 7.24. The number of likely N-dealkylation sites (N-methyl/N-ethyl adjacent to an activating group) is 1. The zero-order chi connectivity index (χ0) is 12.8. The largest absolute Gasteiger partial charge is 0.468 e. The Labute approximate surface area is 111 Å². The summed E-state index contributed by atoms with van der Waals surface area (Å²) in [7, 11) is 2.26. The standard InChI is InChI=1S/C15H26N2O/c1-13(15-9-6-12-18-15)16-10-11-17(2)14-7-4-3-5-8-14/h6,9,12-14,16H,3-5,7-8,10-11H2,1-2H3. The topological polar surface area (TPSA) is 28.4 Å². The molecule has 1 atom stereocenters. The normalized spacial score (nSPS) is 19.3. The van der Waals surface area contributed by atoms with E-state index in [2.05, 4.69) is 24.2 Å². The van der Waals surface area contributed by atoms with Crippen LogP contribution in [0, 0.1) is 0 Å². The van der Waals surface area contributed by atoms with Crippen molar-refractivity contribution in [1.29, 1.82) is 0 Å². The molecule has 18 heavy (non-hydrogen) atoms. The quantitative estimate of drug-likeness (QED) is 0.840. The predicted octanol–water partition coefficient (Wildman–Crippen LogP) is 3.19. The summed E-state index contributed by atoms with van der Waals surface area (Å²) in [6, 6.07) is 5.09. The Hall–Kier alpha value is -0.800. The molecule has 1 fully saturated rings. The first-order chi connectivity index (χ1) is 8.77. The van der Waals surface area contributed by atoms with Crippen LogP contribution in [0.2, 0.25) is 0 Å². The maximum Gasteiger partial charge on any atom is 0.120 e. The maximum atomic E-state index is 5.39. The third-order valence-electron chi connectivity index (χ3n) is 4.08. The molecule has 2 rings (SSSR count). The van der Waals surface area contributed by atoms with Gasteiger partial charge in [-0.05, 0) is 38.9 Å². The van der Waals surface area contributed by atoms with E-state index in [1.807, 2.05) is 12.1 Å². The molecule has 0 spiro atoms. The van der Waals surface area contributed by atoms with E-state index in [0.717, 1.165) is 24.9 Å². The molecule has 3 nitrogen and oxygen atoms in total. The molecule has 0 aliphatic heterocycles. The average Bonchev–Trinajstić information content (AvgIpc) is 2.93. The van der Waals surface area contributed by atoms with Crippen LogP contribution < -0.4 is 5.32 Å². The Morgan fingerprint density at radius 2 is 2.17 bits per heavy atom. The summed E-state index contributed by atoms with van der Waals surface area (Å²) < 4.78 is 5.39. The van der Waals surface area contributed by atoms with Crippen LogP contribution in [-0.2, 0) is 0 Å². The summed E-state index contributed by atoms with van der Waals surface area (Å²) in [6.07, 6.45) is 8.74. The van der Waals surface area contributed by atoms with Crippen molar-refractivity contribution in [2.75, 3.05) is 20.1 Å². The maximum absolute atomic E-state index is 5.39. The summed E-state index contributed by atoms with van der Waals surface area (Å²) in [5, 5.41) is 3.52. The molecule has 1 aromatic rings. The van der Waals surface area contributed by atoms with E-state index in [1.165, 1.54) is 32.1 Å². The van der Waals surface area contributed by atoms with Gasteiger partial charge in [0, 0.05) is 19.1 Å². The van der Waals surface area contributed by atoms with E-state index in [9.17, 15) is 0 Å². The average molecular weight is 250 g/mol. The lowest BCUT2D eigenvalue weighted by Gasteiger charge is -2.31. The van der Waals surface area contributed by atoms with E-state index in [-0.39, 0.29) is 0 Å². The minimum Gasteiger partial charge on any atom is -0.468 e. The van der Waals surface area contributed by atoms with Gasteiger partial charge >= 0.3 is 0 Å². The third kappa shape index (κ3) is 3.85. The highest BCUT2D eigenvalue weighted by Gasteiger charge is 2.17. The smallest absolute Gasteiger partial charge is 0.120 e. The Balaban J connectivity index is 1.65. The SMILES string of the molecule is CC(NCCN(C)C1CCCCC1)c1ccco1. The van der Waals surface area contributed by atoms with Gasteiger partial charge in [-0.15, -0.1) is 0 Å². The van der Waals surface area contributed by atoms with Crippen LogP contribution >= 0.6 is 0 Å². The minimum atomic E-state index is 0.305. The highest BCUT2D eigenvalue weighted by molar-refractivity contribution is 5.02. The Morgan fingerprint density at radius 1 is 1.39 bits per heavy atom. The Kier molecular flexibility index (Phi) is 5.26. The molecule has 1 aromatic heterocycles. The number of hydrogen-bond donors (Lipinski definition) is 1. The molecule has 102 valence electrons. The monoisotopic (exact) mass is 250 g/mol. The number of rotatable bonds is 6. The van der Waals surface area contributed by atoms with Gasteiger partial charge in [-0.2, -0.15) is 0 Å². The fraction of sp³-hybridized carbons (Fsp3) is 0.733. The second kappa shape index (κ2) is 6.95. The van der Waals surface area contributed by atoms with Crippen molar-refractivity contribution in [1.82, 2.24) is 10.2 Å². The second-order valence-electron chi connectivity index (χ2n) is 5.46. The van der Waals surface area contributed by atoms with Crippen molar-refractivity contribution >= 4 is 0 Å². The van der Waals surface area contributed by atoms with Crippen LogP contribution in [0.3, 0.4) is 0 Å². The molecule has 1 unspecified atom stereocenters. The predicted molar refractivity (Wildman–Crippen MR) is 74.6 cm³/mol. The van der Waals surface area contributed by atoms with Crippen molar-refractivity contribution in [2.45, 2.75) is 51.1 Å². The molecule has 1 aliphatic rings. The molecule has 0 amide bonds. The molecule has 0 bridgehead atoms. The van der Waals surface area contributed by atoms with Crippen LogP contribution in [0.25, 0.3) is 0 Å². The van der Waals surface area contributed by atoms with Gasteiger partial charge < -0.3 is 14.6 Å². The van der Waals surface area contributed by atoms with Crippen molar-refractivity contribution in [3.05, 3.63) is 24.2 Å². The Morgan fingerprint density at radius 3 is 2.83 bits per heavy atom. The second-order valence-corrected chi connectivity index (χ2v) is 5.46. The molecule has 3 heteroatoms. The Bertz CT molecular complexity index is 317. The van der Waals surface area contributed by atoms with Crippen LogP contribution in [0.5, 0.6) is 0 Å². The lowest BCUT2D eigenvalue weighted by molar-refractivity contribution is 0.190. The molecule has 1 aliphatic carbocycles. The van der Waals surface area contributed by atoms with Crippen LogP contribution in [0.4, 0.5) is 0 Å². The molecule has 0 saturated heterocycles. The highest BCUT2D eigenvalue weighted by Crippen LogP contribution is 2.21. The summed E-state index contributed by atoms with van der Waals surface area (Å²) in [5.41, 5.74) is 0. The van der Waals surface area contributed by atoms with Gasteiger partial charge in [0.25, 0.3) is 0 Å². The molecule has 1 saturated carbocycles. The molecule has 0 aromatic carbocycles. The van der Waals surface area contributed by atoms with Crippen molar-refractivity contribution in [2.24, 2.45) is 0 Å². The number of hydrogen-bond acceptors (Lipinski definition) is 3. The third-order valence-corrected chi connectivity index (χ3v) is 4.08. The van der Waals surface area contributed by atoms with Gasteiger partial charge in [-0.3, -0.25) is 0 Å². The van der Waals surface area contributed by atoms with Gasteiger partial charge in [0.2, 0.25) is 0 Å². The van der Waals surface area contributed by atoms with Crippen molar-refractivity contribution in [3.63, 3.8) is 0 Å². The van der Waals surface area contributed by atoms with Gasteiger partial charge in [-0.1, -0.05) is 19.3 Å². The molecular weight excluding hydrogens is 224 g/mol. The molecule has 0 radical (unpaired) electrons. The number of nitrogens with one attached hydrogen (secondary N) is 1. The summed E-state index contributed by atoms with van der Waals surface area (Å²) in [6.45, 7) is 4.30. The van der Waals surface area contributed by atoms with E-state index in [0.29, 0.717) is 6.04 Å². The molecular formula is C15H26N2O. The van der Waals surface area contributed by atoms with E-state index in [4.69, 9.17) is 4.42 Å². The van der Waals surface area contributed by atoms with Gasteiger partial charge in [0.1, 0.15) is 5.76 Å². The van der Waals surface area contributed by atoms with Crippen LogP contribution in [-0.4, -0.2) is 31.1 Å². The summed E-state index contributed by atoms with van der Waals surface area (Å²) in [4.78, 5) is 2.51. The highest BCUT2D eigenvalue weighted by atomic mass is 16.3. The fourth-order valence-electron chi connectivity index (χ4n) is 2.80. The lowest BCUT2D eigenvalue weighted by Crippen LogP contribution is -2.38. The van der Waals surface area contributed by atoms with Gasteiger partial charge in [0.05, 0.1) is 12.3 Å². The lowest BCUT2D eigenvalue weighted by atomic mass is 9.94. The minimum absolute atomic E-state index is 0.305.